The van der Waals surface area contributed by atoms with Crippen molar-refractivity contribution in [2.45, 2.75) is 46.4 Å². The molecule has 0 aliphatic heterocycles. The predicted octanol–water partition coefficient (Wildman–Crippen LogP) is 6.79. The van der Waals surface area contributed by atoms with Gasteiger partial charge in [0, 0.05) is 11.6 Å². The van der Waals surface area contributed by atoms with E-state index in [9.17, 15) is 18.0 Å². The van der Waals surface area contributed by atoms with Crippen molar-refractivity contribution in [3.8, 4) is 22.2 Å². The summed E-state index contributed by atoms with van der Waals surface area (Å²) in [6.07, 6.45) is -4.08. The first kappa shape index (κ1) is 26.4. The Bertz CT molecular complexity index is 1480. The topological polar surface area (TPSA) is 86.7 Å². The maximum absolute atomic E-state index is 14.1. The zero-order valence-corrected chi connectivity index (χ0v) is 21.9. The lowest BCUT2D eigenvalue weighted by atomic mass is 10.1. The second kappa shape index (κ2) is 9.66. The number of halogens is 3. The van der Waals surface area contributed by atoms with Crippen LogP contribution in [0.4, 0.5) is 18.0 Å². The molecule has 4 aromatic rings. The van der Waals surface area contributed by atoms with E-state index in [1.165, 1.54) is 19.4 Å². The number of carbonyl (C=O) groups is 1. The van der Waals surface area contributed by atoms with Crippen LogP contribution in [0.1, 0.15) is 38.8 Å². The summed E-state index contributed by atoms with van der Waals surface area (Å²) in [6.45, 7) is 8.57. The molecule has 0 aliphatic carbocycles. The van der Waals surface area contributed by atoms with Crippen LogP contribution in [0.5, 0.6) is 11.6 Å². The van der Waals surface area contributed by atoms with E-state index in [2.05, 4.69) is 15.0 Å². The average molecular weight is 535 g/mol. The average Bonchev–Trinajstić information content (AvgIpc) is 3.22. The minimum atomic E-state index is -4.71. The van der Waals surface area contributed by atoms with Crippen LogP contribution in [0.15, 0.2) is 30.5 Å². The van der Waals surface area contributed by atoms with Gasteiger partial charge in [0.25, 0.3) is 0 Å². The Morgan fingerprint density at radius 3 is 2.43 bits per heavy atom. The van der Waals surface area contributed by atoms with Crippen LogP contribution >= 0.6 is 11.3 Å². The van der Waals surface area contributed by atoms with Gasteiger partial charge in [0.2, 0.25) is 5.88 Å². The van der Waals surface area contributed by atoms with Crippen molar-refractivity contribution >= 4 is 38.7 Å². The van der Waals surface area contributed by atoms with Gasteiger partial charge in [-0.25, -0.2) is 19.7 Å². The Balaban J connectivity index is 1.83. The Labute approximate surface area is 215 Å². The highest BCUT2D eigenvalue weighted by Gasteiger charge is 2.35. The molecule has 0 spiro atoms. The number of carbonyl (C=O) groups excluding carboxylic acids is 1. The molecule has 37 heavy (non-hydrogen) atoms. The van der Waals surface area contributed by atoms with Gasteiger partial charge in [-0.15, -0.1) is 16.4 Å². The molecular weight excluding hydrogens is 509 g/mol. The van der Waals surface area contributed by atoms with Gasteiger partial charge >= 0.3 is 12.3 Å². The van der Waals surface area contributed by atoms with Crippen LogP contribution in [-0.4, -0.2) is 45.4 Å². The number of thiazole rings is 1. The molecule has 0 aliphatic rings. The van der Waals surface area contributed by atoms with Gasteiger partial charge in [0.1, 0.15) is 10.6 Å². The first-order chi connectivity index (χ1) is 17.3. The summed E-state index contributed by atoms with van der Waals surface area (Å²) in [5, 5.41) is 1.20. The maximum atomic E-state index is 14.1. The lowest BCUT2D eigenvalue weighted by Crippen LogP contribution is -2.38. The number of amides is 1. The molecule has 2 aromatic carbocycles. The number of rotatable bonds is 5. The number of hydrogen-bond donors (Lipinski definition) is 0. The molecule has 0 atom stereocenters. The highest BCUT2D eigenvalue weighted by Crippen LogP contribution is 2.42. The first-order valence-electron chi connectivity index (χ1n) is 11.3. The SMILES string of the molecule is CCN(Oc1cc(C(F)(F)F)c2nc(-c3cc(C)cc4nc(OC)cnc34)sc2c1)C(=O)OC(C)(C)C. The minimum Gasteiger partial charge on any atom is -0.480 e. The monoisotopic (exact) mass is 534 g/mol. The molecule has 196 valence electrons. The molecule has 0 radical (unpaired) electrons. The number of hydrogen-bond acceptors (Lipinski definition) is 8. The van der Waals surface area contributed by atoms with Gasteiger partial charge in [-0.05, 0) is 58.4 Å². The molecule has 0 bridgehead atoms. The summed E-state index contributed by atoms with van der Waals surface area (Å²) in [5.41, 5.74) is 0.391. The summed E-state index contributed by atoms with van der Waals surface area (Å²) >= 11 is 1.06. The van der Waals surface area contributed by atoms with Gasteiger partial charge in [-0.1, -0.05) is 0 Å². The molecule has 0 N–H and O–H groups in total. The summed E-state index contributed by atoms with van der Waals surface area (Å²) in [5.74, 6) is 0.154. The van der Waals surface area contributed by atoms with Crippen molar-refractivity contribution in [2.75, 3.05) is 13.7 Å². The lowest BCUT2D eigenvalue weighted by molar-refractivity contribution is -0.136. The number of aromatic nitrogens is 3. The van der Waals surface area contributed by atoms with Crippen LogP contribution in [0, 0.1) is 6.92 Å². The molecule has 4 rings (SSSR count). The standard InChI is InChI=1S/C25H25F3N4O4S/c1-7-32(23(33)35-24(3,4)5)36-14-10-16(25(26,27)28)21-18(11-14)37-22(31-21)15-8-13(2)9-17-20(15)29-12-19(30-17)34-6/h8-12H,7H2,1-6H3. The van der Waals surface area contributed by atoms with Crippen LogP contribution in [-0.2, 0) is 10.9 Å². The number of methoxy groups -OCH3 is 1. The van der Waals surface area contributed by atoms with E-state index in [0.717, 1.165) is 28.0 Å². The van der Waals surface area contributed by atoms with Crippen molar-refractivity contribution in [3.05, 3.63) is 41.6 Å². The van der Waals surface area contributed by atoms with Crippen molar-refractivity contribution in [2.24, 2.45) is 0 Å². The molecule has 12 heteroatoms. The van der Waals surface area contributed by atoms with Crippen LogP contribution < -0.4 is 9.57 Å². The van der Waals surface area contributed by atoms with E-state index >= 15 is 0 Å². The van der Waals surface area contributed by atoms with Gasteiger partial charge in [-0.2, -0.15) is 13.2 Å². The summed E-state index contributed by atoms with van der Waals surface area (Å²) < 4.78 is 52.9. The van der Waals surface area contributed by atoms with Gasteiger partial charge in [-0.3, -0.25) is 0 Å². The second-order valence-corrected chi connectivity index (χ2v) is 10.2. The fraction of sp³-hybridized carbons (Fsp3) is 0.360. The molecule has 2 aromatic heterocycles. The summed E-state index contributed by atoms with van der Waals surface area (Å²) in [4.78, 5) is 31.1. The molecule has 1 amide bonds. The second-order valence-electron chi connectivity index (χ2n) is 9.19. The quantitative estimate of drug-likeness (QED) is 0.261. The zero-order chi connectivity index (χ0) is 27.1. The number of alkyl halides is 3. The normalized spacial score (nSPS) is 12.1. The molecular formula is C25H25F3N4O4S. The van der Waals surface area contributed by atoms with Crippen LogP contribution in [0.25, 0.3) is 31.8 Å². The van der Waals surface area contributed by atoms with E-state index in [1.807, 2.05) is 13.0 Å². The largest absolute Gasteiger partial charge is 0.480 e. The Morgan fingerprint density at radius 2 is 1.81 bits per heavy atom. The minimum absolute atomic E-state index is 0.0552. The number of hydroxylamine groups is 2. The smallest absolute Gasteiger partial charge is 0.443 e. The zero-order valence-electron chi connectivity index (χ0n) is 21.1. The summed E-state index contributed by atoms with van der Waals surface area (Å²) in [7, 11) is 1.47. The van der Waals surface area contributed by atoms with Gasteiger partial charge < -0.3 is 14.3 Å². The highest BCUT2D eigenvalue weighted by molar-refractivity contribution is 7.21. The van der Waals surface area contributed by atoms with Crippen LogP contribution in [0.3, 0.4) is 0 Å². The third kappa shape index (κ3) is 5.68. The maximum Gasteiger partial charge on any atom is 0.443 e. The molecule has 8 nitrogen and oxygen atoms in total. The highest BCUT2D eigenvalue weighted by atomic mass is 32.1. The molecule has 2 heterocycles. The Hall–Kier alpha value is -3.67. The number of benzene rings is 2. The van der Waals surface area contributed by atoms with E-state index in [-0.39, 0.29) is 22.5 Å². The fourth-order valence-corrected chi connectivity index (χ4v) is 4.61. The van der Waals surface area contributed by atoms with Crippen molar-refractivity contribution in [1.29, 1.82) is 0 Å². The van der Waals surface area contributed by atoms with Crippen molar-refractivity contribution in [3.63, 3.8) is 0 Å². The van der Waals surface area contributed by atoms with Crippen molar-refractivity contribution < 1.29 is 32.3 Å². The molecule has 0 unspecified atom stereocenters. The molecule has 0 saturated heterocycles. The van der Waals surface area contributed by atoms with E-state index in [4.69, 9.17) is 14.3 Å². The van der Waals surface area contributed by atoms with Crippen molar-refractivity contribution in [1.82, 2.24) is 20.0 Å². The number of fused-ring (bicyclic) bond motifs is 2. The summed E-state index contributed by atoms with van der Waals surface area (Å²) in [6, 6.07) is 5.86. The molecule has 0 saturated carbocycles. The third-order valence-electron chi connectivity index (χ3n) is 5.08. The van der Waals surface area contributed by atoms with Crippen LogP contribution in [0.2, 0.25) is 0 Å². The van der Waals surface area contributed by atoms with E-state index < -0.39 is 23.4 Å². The van der Waals surface area contributed by atoms with Gasteiger partial charge in [0.05, 0.1) is 46.7 Å². The third-order valence-corrected chi connectivity index (χ3v) is 6.12. The van der Waals surface area contributed by atoms with E-state index in [0.29, 0.717) is 27.5 Å². The number of ether oxygens (including phenoxy) is 2. The number of aryl methyl sites for hydroxylation is 1. The predicted molar refractivity (Wildman–Crippen MR) is 134 cm³/mol. The lowest BCUT2D eigenvalue weighted by Gasteiger charge is -2.26. The first-order valence-corrected chi connectivity index (χ1v) is 12.1. The molecule has 0 fully saturated rings. The Kier molecular flexibility index (Phi) is 6.89. The fourth-order valence-electron chi connectivity index (χ4n) is 3.57. The van der Waals surface area contributed by atoms with E-state index in [1.54, 1.807) is 33.8 Å². The van der Waals surface area contributed by atoms with Gasteiger partial charge in [0.15, 0.2) is 5.75 Å². The Morgan fingerprint density at radius 1 is 1.08 bits per heavy atom. The number of nitrogens with zero attached hydrogens (tertiary/aromatic N) is 4.